The Balaban J connectivity index is 1.41. The topological polar surface area (TPSA) is 76.6 Å². The number of methoxy groups -OCH3 is 1. The van der Waals surface area contributed by atoms with E-state index in [1.54, 1.807) is 25.4 Å². The highest BCUT2D eigenvalue weighted by atomic mass is 35.5. The zero-order valence-electron chi connectivity index (χ0n) is 15.9. The first-order valence-corrected chi connectivity index (χ1v) is 10.8. The highest BCUT2D eigenvalue weighted by Gasteiger charge is 2.21. The Labute approximate surface area is 184 Å². The summed E-state index contributed by atoms with van der Waals surface area (Å²) in [4.78, 5) is 22.7. The summed E-state index contributed by atoms with van der Waals surface area (Å²) in [5.41, 5.74) is 1.10. The Morgan fingerprint density at radius 3 is 3.03 bits per heavy atom. The summed E-state index contributed by atoms with van der Waals surface area (Å²) in [6.45, 7) is 3.39. The van der Waals surface area contributed by atoms with Crippen molar-refractivity contribution in [3.63, 3.8) is 0 Å². The van der Waals surface area contributed by atoms with Crippen LogP contribution in [-0.4, -0.2) is 66.0 Å². The van der Waals surface area contributed by atoms with Crippen LogP contribution in [0.2, 0.25) is 10.0 Å². The highest BCUT2D eigenvalue weighted by molar-refractivity contribution is 7.99. The molecule has 1 atom stereocenters. The minimum absolute atomic E-state index is 0.0615. The number of nitrogens with zero attached hydrogens (tertiary/aromatic N) is 3. The van der Waals surface area contributed by atoms with E-state index < -0.39 is 0 Å². The summed E-state index contributed by atoms with van der Waals surface area (Å²) in [6, 6.07) is 7.32. The second-order valence-electron chi connectivity index (χ2n) is 6.45. The molecule has 1 aromatic heterocycles. The van der Waals surface area contributed by atoms with E-state index in [2.05, 4.69) is 20.2 Å². The maximum absolute atomic E-state index is 12.1. The lowest BCUT2D eigenvalue weighted by atomic mass is 10.2. The molecular weight excluding hydrogens is 435 g/mol. The molecule has 1 amide bonds. The van der Waals surface area contributed by atoms with Crippen LogP contribution in [0.25, 0.3) is 0 Å². The zero-order valence-corrected chi connectivity index (χ0v) is 18.3. The van der Waals surface area contributed by atoms with E-state index in [0.29, 0.717) is 34.2 Å². The Hall–Kier alpha value is -1.58. The van der Waals surface area contributed by atoms with Crippen LogP contribution in [0.15, 0.2) is 35.6 Å². The molecule has 0 saturated carbocycles. The summed E-state index contributed by atoms with van der Waals surface area (Å²) in [7, 11) is 1.54. The summed E-state index contributed by atoms with van der Waals surface area (Å²) >= 11 is 13.3. The van der Waals surface area contributed by atoms with Crippen LogP contribution >= 0.6 is 35.0 Å². The number of benzene rings is 1. The van der Waals surface area contributed by atoms with Crippen molar-refractivity contribution in [3.8, 4) is 5.88 Å². The van der Waals surface area contributed by atoms with Gasteiger partial charge in [0.2, 0.25) is 11.8 Å². The molecular formula is C19H22Cl2N4O3S. The number of carbonyl (C=O) groups excluding carboxylic acids is 1. The molecule has 1 N–H and O–H groups in total. The molecule has 7 nitrogen and oxygen atoms in total. The molecule has 1 aromatic carbocycles. The van der Waals surface area contributed by atoms with Crippen molar-refractivity contribution >= 4 is 40.9 Å². The molecule has 1 aliphatic heterocycles. The smallest absolute Gasteiger partial charge is 0.230 e. The Morgan fingerprint density at radius 1 is 1.38 bits per heavy atom. The van der Waals surface area contributed by atoms with Crippen LogP contribution in [0.4, 0.5) is 0 Å². The summed E-state index contributed by atoms with van der Waals surface area (Å²) in [6.07, 6.45) is 1.54. The van der Waals surface area contributed by atoms with Crippen LogP contribution < -0.4 is 10.1 Å². The summed E-state index contributed by atoms with van der Waals surface area (Å²) < 4.78 is 10.8. The van der Waals surface area contributed by atoms with E-state index in [1.165, 1.54) is 11.8 Å². The second-order valence-corrected chi connectivity index (χ2v) is 8.21. The van der Waals surface area contributed by atoms with Gasteiger partial charge in [0.05, 0.1) is 35.6 Å². The number of aromatic nitrogens is 2. The van der Waals surface area contributed by atoms with Gasteiger partial charge in [-0.05, 0) is 17.7 Å². The molecule has 0 radical (unpaired) electrons. The largest absolute Gasteiger partial charge is 0.481 e. The molecule has 0 spiro atoms. The summed E-state index contributed by atoms with van der Waals surface area (Å²) in [5, 5.41) is 4.52. The van der Waals surface area contributed by atoms with Gasteiger partial charge in [0, 0.05) is 38.4 Å². The average molecular weight is 457 g/mol. The van der Waals surface area contributed by atoms with E-state index in [0.717, 1.165) is 25.2 Å². The van der Waals surface area contributed by atoms with E-state index in [9.17, 15) is 4.79 Å². The van der Waals surface area contributed by atoms with Gasteiger partial charge < -0.3 is 14.8 Å². The minimum atomic E-state index is -0.0911. The molecule has 2 heterocycles. The van der Waals surface area contributed by atoms with Gasteiger partial charge in [-0.1, -0.05) is 41.0 Å². The van der Waals surface area contributed by atoms with Crippen molar-refractivity contribution in [1.29, 1.82) is 0 Å². The number of halogens is 2. The van der Waals surface area contributed by atoms with E-state index in [-0.39, 0.29) is 17.8 Å². The normalized spacial score (nSPS) is 17.1. The third-order valence-corrected chi connectivity index (χ3v) is 5.89. The average Bonchev–Trinajstić information content (AvgIpc) is 2.74. The Kier molecular flexibility index (Phi) is 8.38. The first-order chi connectivity index (χ1) is 14.0. The number of amides is 1. The molecule has 0 bridgehead atoms. The Bertz CT molecular complexity index is 843. The standard InChI is InChI=1S/C19H22Cl2N4O3S/c1-27-18-4-5-22-19(24-18)29-12-17(26)23-9-14-11-25(6-7-28-14)10-13-2-3-15(20)16(21)8-13/h2-5,8,14H,6-7,9-12H2,1H3,(H,23,26). The molecule has 29 heavy (non-hydrogen) atoms. The van der Waals surface area contributed by atoms with Gasteiger partial charge in [0.1, 0.15) is 0 Å². The number of thioether (sulfide) groups is 1. The fraction of sp³-hybridized carbons (Fsp3) is 0.421. The first kappa shape index (κ1) is 22.1. The number of ether oxygens (including phenoxy) is 2. The monoisotopic (exact) mass is 456 g/mol. The van der Waals surface area contributed by atoms with Gasteiger partial charge in [-0.15, -0.1) is 0 Å². The molecule has 156 valence electrons. The van der Waals surface area contributed by atoms with Crippen molar-refractivity contribution in [2.24, 2.45) is 0 Å². The number of nitrogens with one attached hydrogen (secondary N) is 1. The number of carbonyl (C=O) groups is 1. The summed E-state index contributed by atoms with van der Waals surface area (Å²) in [5.74, 6) is 0.611. The lowest BCUT2D eigenvalue weighted by Crippen LogP contribution is -2.47. The predicted octanol–water partition coefficient (Wildman–Crippen LogP) is 2.90. The van der Waals surface area contributed by atoms with Gasteiger partial charge in [-0.2, -0.15) is 4.98 Å². The van der Waals surface area contributed by atoms with Crippen LogP contribution in [0.5, 0.6) is 5.88 Å². The molecule has 2 aromatic rings. The molecule has 1 saturated heterocycles. The van der Waals surface area contributed by atoms with Gasteiger partial charge in [0.25, 0.3) is 0 Å². The van der Waals surface area contributed by atoms with Gasteiger partial charge >= 0.3 is 0 Å². The number of hydrogen-bond donors (Lipinski definition) is 1. The van der Waals surface area contributed by atoms with Gasteiger partial charge in [-0.25, -0.2) is 4.98 Å². The maximum atomic E-state index is 12.1. The third kappa shape index (κ3) is 7.01. The van der Waals surface area contributed by atoms with E-state index in [1.807, 2.05) is 12.1 Å². The fourth-order valence-corrected chi connectivity index (χ4v) is 3.83. The zero-order chi connectivity index (χ0) is 20.6. The molecule has 1 fully saturated rings. The van der Waals surface area contributed by atoms with Crippen molar-refractivity contribution in [1.82, 2.24) is 20.2 Å². The van der Waals surface area contributed by atoms with E-state index >= 15 is 0 Å². The van der Waals surface area contributed by atoms with Crippen LogP contribution in [0.1, 0.15) is 5.56 Å². The second kappa shape index (κ2) is 11.0. The van der Waals surface area contributed by atoms with Crippen LogP contribution in [0, 0.1) is 0 Å². The molecule has 10 heteroatoms. The predicted molar refractivity (Wildman–Crippen MR) is 114 cm³/mol. The highest BCUT2D eigenvalue weighted by Crippen LogP contribution is 2.23. The lowest BCUT2D eigenvalue weighted by molar-refractivity contribution is -0.119. The molecule has 1 unspecified atom stereocenters. The van der Waals surface area contributed by atoms with Crippen molar-refractivity contribution in [2.45, 2.75) is 17.8 Å². The van der Waals surface area contributed by atoms with Crippen molar-refractivity contribution in [2.75, 3.05) is 39.1 Å². The van der Waals surface area contributed by atoms with Crippen molar-refractivity contribution in [3.05, 3.63) is 46.1 Å². The molecule has 0 aliphatic carbocycles. The van der Waals surface area contributed by atoms with Crippen LogP contribution in [-0.2, 0) is 16.1 Å². The first-order valence-electron chi connectivity index (χ1n) is 9.08. The SMILES string of the molecule is COc1ccnc(SCC(=O)NCC2CN(Cc3ccc(Cl)c(Cl)c3)CCO2)n1. The minimum Gasteiger partial charge on any atom is -0.481 e. The van der Waals surface area contributed by atoms with E-state index in [4.69, 9.17) is 32.7 Å². The third-order valence-electron chi connectivity index (χ3n) is 4.29. The lowest BCUT2D eigenvalue weighted by Gasteiger charge is -2.33. The Morgan fingerprint density at radius 2 is 2.24 bits per heavy atom. The van der Waals surface area contributed by atoms with Crippen LogP contribution in [0.3, 0.4) is 0 Å². The number of rotatable bonds is 8. The number of morpholine rings is 1. The van der Waals surface area contributed by atoms with Gasteiger partial charge in [-0.3, -0.25) is 9.69 Å². The molecule has 3 rings (SSSR count). The van der Waals surface area contributed by atoms with Gasteiger partial charge in [0.15, 0.2) is 5.16 Å². The quantitative estimate of drug-likeness (QED) is 0.483. The fourth-order valence-electron chi connectivity index (χ4n) is 2.86. The number of hydrogen-bond acceptors (Lipinski definition) is 7. The maximum Gasteiger partial charge on any atom is 0.230 e. The van der Waals surface area contributed by atoms with Crippen molar-refractivity contribution < 1.29 is 14.3 Å². The molecule has 1 aliphatic rings.